The first-order valence-corrected chi connectivity index (χ1v) is 5.42. The lowest BCUT2D eigenvalue weighted by Gasteiger charge is -2.24. The van der Waals surface area contributed by atoms with Crippen molar-refractivity contribution in [2.24, 2.45) is 0 Å². The first kappa shape index (κ1) is 14.7. The Labute approximate surface area is 97.9 Å². The summed E-state index contributed by atoms with van der Waals surface area (Å²) >= 11 is 0. The average molecular weight is 223 g/mol. The van der Waals surface area contributed by atoms with Crippen LogP contribution in [-0.4, -0.2) is 23.3 Å². The van der Waals surface area contributed by atoms with E-state index in [1.165, 1.54) is 0 Å². The first-order chi connectivity index (χ1) is 7.58. The summed E-state index contributed by atoms with van der Waals surface area (Å²) in [5, 5.41) is 7.87. The molecule has 0 saturated carbocycles. The maximum atomic E-state index is 7.87. The SMILES string of the molecule is CCC(C)(C)n1ccnc1.COCCC#N. The second-order valence-electron chi connectivity index (χ2n) is 4.04. The van der Waals surface area contributed by atoms with Crippen molar-refractivity contribution in [2.45, 2.75) is 39.2 Å². The topological polar surface area (TPSA) is 50.8 Å². The molecule has 0 spiro atoms. The van der Waals surface area contributed by atoms with Gasteiger partial charge in [-0.05, 0) is 20.3 Å². The molecule has 1 heterocycles. The Morgan fingerprint density at radius 2 is 2.19 bits per heavy atom. The van der Waals surface area contributed by atoms with Crippen LogP contribution in [0.25, 0.3) is 0 Å². The van der Waals surface area contributed by atoms with Gasteiger partial charge in [-0.25, -0.2) is 4.98 Å². The Morgan fingerprint density at radius 3 is 2.50 bits per heavy atom. The third kappa shape index (κ3) is 5.52. The number of nitriles is 1. The summed E-state index contributed by atoms with van der Waals surface area (Å²) in [5.41, 5.74) is 0.219. The minimum atomic E-state index is 0.219. The van der Waals surface area contributed by atoms with E-state index < -0.39 is 0 Å². The summed E-state index contributed by atoms with van der Waals surface area (Å²) in [5.74, 6) is 0. The number of hydrogen-bond donors (Lipinski definition) is 0. The van der Waals surface area contributed by atoms with E-state index in [1.54, 1.807) is 7.11 Å². The van der Waals surface area contributed by atoms with Crippen LogP contribution in [0.15, 0.2) is 18.7 Å². The monoisotopic (exact) mass is 223 g/mol. The number of hydrogen-bond acceptors (Lipinski definition) is 3. The summed E-state index contributed by atoms with van der Waals surface area (Å²) in [7, 11) is 1.58. The van der Waals surface area contributed by atoms with Gasteiger partial charge in [0.1, 0.15) is 0 Å². The van der Waals surface area contributed by atoms with Gasteiger partial charge in [0.15, 0.2) is 0 Å². The summed E-state index contributed by atoms with van der Waals surface area (Å²) in [6, 6.07) is 1.94. The summed E-state index contributed by atoms with van der Waals surface area (Å²) in [4.78, 5) is 4.00. The van der Waals surface area contributed by atoms with Crippen molar-refractivity contribution in [1.29, 1.82) is 5.26 Å². The van der Waals surface area contributed by atoms with Crippen molar-refractivity contribution in [2.75, 3.05) is 13.7 Å². The second-order valence-corrected chi connectivity index (χ2v) is 4.04. The Morgan fingerprint density at radius 1 is 1.50 bits per heavy atom. The van der Waals surface area contributed by atoms with Crippen LogP contribution < -0.4 is 0 Å². The molecule has 1 aromatic heterocycles. The van der Waals surface area contributed by atoms with Gasteiger partial charge in [0.05, 0.1) is 25.4 Å². The Hall–Kier alpha value is -1.34. The van der Waals surface area contributed by atoms with Crippen molar-refractivity contribution in [3.8, 4) is 6.07 Å². The molecule has 0 aliphatic rings. The van der Waals surface area contributed by atoms with E-state index in [0.717, 1.165) is 6.42 Å². The lowest BCUT2D eigenvalue weighted by atomic mass is 10.0. The fourth-order valence-corrected chi connectivity index (χ4v) is 0.947. The van der Waals surface area contributed by atoms with E-state index in [4.69, 9.17) is 5.26 Å². The summed E-state index contributed by atoms with van der Waals surface area (Å²) < 4.78 is 6.69. The van der Waals surface area contributed by atoms with Gasteiger partial charge in [-0.3, -0.25) is 0 Å². The molecule has 0 aromatic carbocycles. The van der Waals surface area contributed by atoms with Crippen LogP contribution in [0.1, 0.15) is 33.6 Å². The maximum absolute atomic E-state index is 7.87. The van der Waals surface area contributed by atoms with Crippen LogP contribution >= 0.6 is 0 Å². The molecule has 16 heavy (non-hydrogen) atoms. The molecule has 1 aromatic rings. The zero-order chi connectivity index (χ0) is 12.4. The first-order valence-electron chi connectivity index (χ1n) is 5.42. The lowest BCUT2D eigenvalue weighted by Crippen LogP contribution is -2.23. The summed E-state index contributed by atoms with van der Waals surface area (Å²) in [6.45, 7) is 7.14. The molecule has 0 aliphatic carbocycles. The molecule has 4 heteroatoms. The molecule has 0 saturated heterocycles. The molecular weight excluding hydrogens is 202 g/mol. The molecule has 0 atom stereocenters. The van der Waals surface area contributed by atoms with Crippen LogP contribution in [0, 0.1) is 11.3 Å². The van der Waals surface area contributed by atoms with Gasteiger partial charge >= 0.3 is 0 Å². The fraction of sp³-hybridized carbons (Fsp3) is 0.667. The third-order valence-electron chi connectivity index (χ3n) is 2.49. The van der Waals surface area contributed by atoms with Crippen molar-refractivity contribution in [3.05, 3.63) is 18.7 Å². The molecule has 0 amide bonds. The lowest BCUT2D eigenvalue weighted by molar-refractivity contribution is 0.205. The molecule has 0 aliphatic heterocycles. The normalized spacial score (nSPS) is 10.2. The largest absolute Gasteiger partial charge is 0.384 e. The fourth-order valence-electron chi connectivity index (χ4n) is 0.947. The van der Waals surface area contributed by atoms with E-state index in [1.807, 2.05) is 24.8 Å². The van der Waals surface area contributed by atoms with Crippen molar-refractivity contribution in [3.63, 3.8) is 0 Å². The van der Waals surface area contributed by atoms with E-state index in [-0.39, 0.29) is 5.54 Å². The second kappa shape index (κ2) is 7.89. The minimum absolute atomic E-state index is 0.219. The highest BCUT2D eigenvalue weighted by atomic mass is 16.5. The molecule has 90 valence electrons. The molecule has 0 fully saturated rings. The van der Waals surface area contributed by atoms with Gasteiger partial charge in [0, 0.05) is 25.0 Å². The van der Waals surface area contributed by atoms with Gasteiger partial charge in [0.25, 0.3) is 0 Å². The number of methoxy groups -OCH3 is 1. The third-order valence-corrected chi connectivity index (χ3v) is 2.49. The van der Waals surface area contributed by atoms with Crippen molar-refractivity contribution in [1.82, 2.24) is 9.55 Å². The van der Waals surface area contributed by atoms with E-state index in [2.05, 4.69) is 35.1 Å². The van der Waals surface area contributed by atoms with Gasteiger partial charge in [-0.2, -0.15) is 5.26 Å². The highest BCUT2D eigenvalue weighted by Crippen LogP contribution is 2.17. The number of imidazole rings is 1. The van der Waals surface area contributed by atoms with E-state index in [0.29, 0.717) is 13.0 Å². The standard InChI is InChI=1S/C8H14N2.C4H7NO/c1-4-8(2,3)10-6-5-9-7-10;1-6-4-2-3-5/h5-7H,4H2,1-3H3;2,4H2,1H3. The zero-order valence-corrected chi connectivity index (χ0v) is 10.6. The van der Waals surface area contributed by atoms with Gasteiger partial charge in [-0.1, -0.05) is 6.92 Å². The molecule has 0 N–H and O–H groups in total. The van der Waals surface area contributed by atoms with Crippen LogP contribution in [0.2, 0.25) is 0 Å². The van der Waals surface area contributed by atoms with Crippen LogP contribution in [0.4, 0.5) is 0 Å². The Kier molecular flexibility index (Phi) is 7.23. The molecule has 4 nitrogen and oxygen atoms in total. The van der Waals surface area contributed by atoms with Crippen molar-refractivity contribution >= 4 is 0 Å². The molecule has 0 bridgehead atoms. The smallest absolute Gasteiger partial charge is 0.0950 e. The van der Waals surface area contributed by atoms with E-state index >= 15 is 0 Å². The minimum Gasteiger partial charge on any atom is -0.384 e. The maximum Gasteiger partial charge on any atom is 0.0950 e. The predicted octanol–water partition coefficient (Wildman–Crippen LogP) is 2.57. The van der Waals surface area contributed by atoms with Crippen molar-refractivity contribution < 1.29 is 4.74 Å². The zero-order valence-electron chi connectivity index (χ0n) is 10.6. The Bertz CT molecular complexity index is 299. The Balaban J connectivity index is 0.000000325. The highest BCUT2D eigenvalue weighted by Gasteiger charge is 2.15. The number of rotatable bonds is 4. The van der Waals surface area contributed by atoms with Gasteiger partial charge in [-0.15, -0.1) is 0 Å². The molecule has 1 rings (SSSR count). The van der Waals surface area contributed by atoms with E-state index in [9.17, 15) is 0 Å². The summed E-state index contributed by atoms with van der Waals surface area (Å²) in [6.07, 6.45) is 7.31. The number of ether oxygens (including phenoxy) is 1. The molecule has 0 unspecified atom stereocenters. The predicted molar refractivity (Wildman–Crippen MR) is 63.9 cm³/mol. The van der Waals surface area contributed by atoms with Gasteiger partial charge in [0.2, 0.25) is 0 Å². The highest BCUT2D eigenvalue weighted by molar-refractivity contribution is 4.84. The average Bonchev–Trinajstić information content (AvgIpc) is 2.81. The number of aromatic nitrogens is 2. The molecule has 0 radical (unpaired) electrons. The quantitative estimate of drug-likeness (QED) is 0.737. The van der Waals surface area contributed by atoms with Crippen LogP contribution in [0.5, 0.6) is 0 Å². The van der Waals surface area contributed by atoms with Crippen LogP contribution in [0.3, 0.4) is 0 Å². The number of nitrogens with zero attached hydrogens (tertiary/aromatic N) is 3. The molecular formula is C12H21N3O. The van der Waals surface area contributed by atoms with Gasteiger partial charge < -0.3 is 9.30 Å². The van der Waals surface area contributed by atoms with Crippen LogP contribution in [-0.2, 0) is 10.3 Å².